The maximum absolute atomic E-state index is 12.7. The molecule has 0 bridgehead atoms. The fourth-order valence-corrected chi connectivity index (χ4v) is 1.41. The van der Waals surface area contributed by atoms with Crippen LogP contribution in [0.5, 0.6) is 0 Å². The maximum atomic E-state index is 12.7. The summed E-state index contributed by atoms with van der Waals surface area (Å²) < 4.78 is 25.5. The van der Waals surface area contributed by atoms with Crippen LogP contribution < -0.4 is 5.73 Å². The van der Waals surface area contributed by atoms with Crippen LogP contribution >= 0.6 is 0 Å². The van der Waals surface area contributed by atoms with Crippen LogP contribution in [0.2, 0.25) is 0 Å². The Kier molecular flexibility index (Phi) is 2.40. The van der Waals surface area contributed by atoms with Crippen molar-refractivity contribution >= 4 is 0 Å². The fraction of sp³-hybridized carbons (Fsp3) is 1.00. The summed E-state index contributed by atoms with van der Waals surface area (Å²) in [6.07, 6.45) is 1.30. The van der Waals surface area contributed by atoms with E-state index in [1.807, 2.05) is 6.92 Å². The summed E-state index contributed by atoms with van der Waals surface area (Å²) in [5, 5.41) is 0. The zero-order valence-electron chi connectivity index (χ0n) is 7.61. The van der Waals surface area contributed by atoms with Crippen molar-refractivity contribution in [3.63, 3.8) is 0 Å². The molecule has 1 heterocycles. The van der Waals surface area contributed by atoms with Crippen LogP contribution in [-0.4, -0.2) is 29.6 Å². The first-order valence-electron chi connectivity index (χ1n) is 4.23. The largest absolute Gasteiger partial charge is 0.325 e. The van der Waals surface area contributed by atoms with Crippen molar-refractivity contribution in [3.05, 3.63) is 0 Å². The van der Waals surface area contributed by atoms with Crippen LogP contribution in [-0.2, 0) is 0 Å². The molecule has 1 fully saturated rings. The number of rotatable bonds is 1. The molecule has 1 saturated heterocycles. The second-order valence-electron chi connectivity index (χ2n) is 3.98. The van der Waals surface area contributed by atoms with E-state index in [0.717, 1.165) is 6.92 Å². The summed E-state index contributed by atoms with van der Waals surface area (Å²) in [7, 11) is 0. The Hall–Kier alpha value is -0.220. The van der Waals surface area contributed by atoms with E-state index < -0.39 is 6.05 Å². The van der Waals surface area contributed by atoms with Crippen molar-refractivity contribution < 1.29 is 8.78 Å². The van der Waals surface area contributed by atoms with Gasteiger partial charge in [0.1, 0.15) is 0 Å². The molecule has 2 nitrogen and oxygen atoms in total. The molecule has 0 amide bonds. The highest BCUT2D eigenvalue weighted by molar-refractivity contribution is 4.87. The van der Waals surface area contributed by atoms with Crippen molar-refractivity contribution in [2.24, 2.45) is 5.73 Å². The van der Waals surface area contributed by atoms with E-state index in [1.54, 1.807) is 0 Å². The lowest BCUT2D eigenvalue weighted by molar-refractivity contribution is -0.142. The van der Waals surface area contributed by atoms with Gasteiger partial charge >= 0.3 is 6.05 Å². The van der Waals surface area contributed by atoms with Gasteiger partial charge in [0.2, 0.25) is 0 Å². The Morgan fingerprint density at radius 1 is 1.33 bits per heavy atom. The molecule has 0 aromatic rings. The number of piperidine rings is 1. The van der Waals surface area contributed by atoms with Crippen LogP contribution in [0.25, 0.3) is 0 Å². The van der Waals surface area contributed by atoms with Crippen LogP contribution in [0.4, 0.5) is 8.78 Å². The van der Waals surface area contributed by atoms with Gasteiger partial charge in [-0.1, -0.05) is 0 Å². The third-order valence-electron chi connectivity index (χ3n) is 2.46. The van der Waals surface area contributed by atoms with Gasteiger partial charge in [-0.2, -0.15) is 8.78 Å². The second-order valence-corrected chi connectivity index (χ2v) is 3.98. The fourth-order valence-electron chi connectivity index (χ4n) is 1.41. The third kappa shape index (κ3) is 2.38. The third-order valence-corrected chi connectivity index (χ3v) is 2.46. The summed E-state index contributed by atoms with van der Waals surface area (Å²) in [6, 6.07) is -2.68. The zero-order chi connectivity index (χ0) is 9.41. The normalized spacial score (nSPS) is 25.8. The van der Waals surface area contributed by atoms with E-state index in [4.69, 9.17) is 5.73 Å². The van der Waals surface area contributed by atoms with E-state index in [-0.39, 0.29) is 5.54 Å². The van der Waals surface area contributed by atoms with Gasteiger partial charge in [-0.15, -0.1) is 0 Å². The molecule has 12 heavy (non-hydrogen) atoms. The summed E-state index contributed by atoms with van der Waals surface area (Å²) in [6.45, 7) is 3.65. The number of hydrogen-bond donors (Lipinski definition) is 1. The van der Waals surface area contributed by atoms with Gasteiger partial charge in [0, 0.05) is 25.6 Å². The van der Waals surface area contributed by atoms with Gasteiger partial charge in [-0.25, -0.2) is 4.90 Å². The highest BCUT2D eigenvalue weighted by Gasteiger charge is 2.36. The van der Waals surface area contributed by atoms with E-state index in [9.17, 15) is 8.78 Å². The molecule has 0 radical (unpaired) electrons. The average Bonchev–Trinajstić information content (AvgIpc) is 1.83. The number of nitrogens with zero attached hydrogens (tertiary/aromatic N) is 1. The molecule has 4 heteroatoms. The van der Waals surface area contributed by atoms with Crippen molar-refractivity contribution in [2.75, 3.05) is 13.1 Å². The molecule has 0 atom stereocenters. The molecule has 0 saturated carbocycles. The lowest BCUT2D eigenvalue weighted by Crippen LogP contribution is -2.52. The minimum Gasteiger partial charge on any atom is -0.325 e. The van der Waals surface area contributed by atoms with Crippen molar-refractivity contribution in [1.82, 2.24) is 4.90 Å². The Morgan fingerprint density at radius 2 is 1.75 bits per heavy atom. The van der Waals surface area contributed by atoms with Crippen molar-refractivity contribution in [3.8, 4) is 0 Å². The molecule has 1 rings (SSSR count). The standard InChI is InChI=1S/C8H16F2N2/c1-7(11)3-5-12(6-4-7)8(2,9)10/h3-6,11H2,1-2H3. The highest BCUT2D eigenvalue weighted by atomic mass is 19.3. The molecule has 1 aliphatic rings. The molecule has 0 aliphatic carbocycles. The van der Waals surface area contributed by atoms with Gasteiger partial charge in [0.15, 0.2) is 0 Å². The number of halogens is 2. The number of likely N-dealkylation sites (tertiary alicyclic amines) is 1. The topological polar surface area (TPSA) is 29.3 Å². The molecular weight excluding hydrogens is 162 g/mol. The van der Waals surface area contributed by atoms with E-state index >= 15 is 0 Å². The van der Waals surface area contributed by atoms with Crippen LogP contribution in [0.15, 0.2) is 0 Å². The summed E-state index contributed by atoms with van der Waals surface area (Å²) in [5.41, 5.74) is 5.56. The van der Waals surface area contributed by atoms with Crippen molar-refractivity contribution in [2.45, 2.75) is 38.3 Å². The summed E-state index contributed by atoms with van der Waals surface area (Å²) >= 11 is 0. The Morgan fingerprint density at radius 3 is 2.08 bits per heavy atom. The molecular formula is C8H16F2N2. The monoisotopic (exact) mass is 178 g/mol. The van der Waals surface area contributed by atoms with Crippen LogP contribution in [0, 0.1) is 0 Å². The second kappa shape index (κ2) is 2.92. The first-order chi connectivity index (χ1) is 5.31. The smallest absolute Gasteiger partial charge is 0.302 e. The minimum atomic E-state index is -2.68. The van der Waals surface area contributed by atoms with Gasteiger partial charge in [-0.3, -0.25) is 0 Å². The lowest BCUT2D eigenvalue weighted by atomic mass is 9.91. The van der Waals surface area contributed by atoms with Gasteiger partial charge in [0.05, 0.1) is 0 Å². The molecule has 0 spiro atoms. The molecule has 0 aromatic carbocycles. The van der Waals surface area contributed by atoms with E-state index in [1.165, 1.54) is 4.90 Å². The quantitative estimate of drug-likeness (QED) is 0.615. The van der Waals surface area contributed by atoms with Crippen LogP contribution in [0.1, 0.15) is 26.7 Å². The number of nitrogens with two attached hydrogens (primary N) is 1. The highest BCUT2D eigenvalue weighted by Crippen LogP contribution is 2.26. The molecule has 1 aliphatic heterocycles. The van der Waals surface area contributed by atoms with Crippen LogP contribution in [0.3, 0.4) is 0 Å². The molecule has 0 aromatic heterocycles. The van der Waals surface area contributed by atoms with Gasteiger partial charge in [-0.05, 0) is 19.8 Å². The van der Waals surface area contributed by atoms with E-state index in [2.05, 4.69) is 0 Å². The van der Waals surface area contributed by atoms with Gasteiger partial charge in [0.25, 0.3) is 0 Å². The Balaban J connectivity index is 2.47. The van der Waals surface area contributed by atoms with Crippen molar-refractivity contribution in [1.29, 1.82) is 0 Å². The summed E-state index contributed by atoms with van der Waals surface area (Å²) in [5.74, 6) is 0. The molecule has 72 valence electrons. The zero-order valence-corrected chi connectivity index (χ0v) is 7.61. The predicted octanol–water partition coefficient (Wildman–Crippen LogP) is 1.41. The van der Waals surface area contributed by atoms with E-state index in [0.29, 0.717) is 25.9 Å². The number of alkyl halides is 2. The number of hydrogen-bond acceptors (Lipinski definition) is 2. The predicted molar refractivity (Wildman–Crippen MR) is 44.0 cm³/mol. The lowest BCUT2D eigenvalue weighted by Gasteiger charge is -2.39. The Bertz CT molecular complexity index is 153. The summed E-state index contributed by atoms with van der Waals surface area (Å²) in [4.78, 5) is 1.18. The average molecular weight is 178 g/mol. The van der Waals surface area contributed by atoms with Gasteiger partial charge < -0.3 is 5.73 Å². The minimum absolute atomic E-state index is 0.248. The molecule has 2 N–H and O–H groups in total. The SMILES string of the molecule is CC1(N)CCN(C(C)(F)F)CC1. The first kappa shape index (κ1) is 9.86. The Labute approximate surface area is 71.7 Å². The molecule has 0 unspecified atom stereocenters. The first-order valence-corrected chi connectivity index (χ1v) is 4.23. The maximum Gasteiger partial charge on any atom is 0.302 e.